The fraction of sp³-hybridized carbons (Fsp3) is 0.500. The van der Waals surface area contributed by atoms with Crippen LogP contribution in [0, 0.1) is 5.92 Å². The number of rotatable bonds is 4. The van der Waals surface area contributed by atoms with E-state index in [4.69, 9.17) is 0 Å². The van der Waals surface area contributed by atoms with E-state index in [-0.39, 0.29) is 5.91 Å². The van der Waals surface area contributed by atoms with E-state index in [1.165, 1.54) is 19.3 Å². The van der Waals surface area contributed by atoms with Gasteiger partial charge in [0.1, 0.15) is 0 Å². The van der Waals surface area contributed by atoms with Crippen molar-refractivity contribution in [1.82, 2.24) is 10.2 Å². The highest BCUT2D eigenvalue weighted by atomic mass is 16.2. The zero-order valence-electron chi connectivity index (χ0n) is 12.5. The number of amides is 1. The number of carbonyl (C=O) groups is 1. The van der Waals surface area contributed by atoms with Gasteiger partial charge in [-0.05, 0) is 50.3 Å². The maximum Gasteiger partial charge on any atom is 0.253 e. The van der Waals surface area contributed by atoms with Gasteiger partial charge in [0.05, 0.1) is 0 Å². The molecule has 1 saturated heterocycles. The SMILES string of the molecule is O=C(c1ccccc1)N1CCC(NCC2CC=CCC2)C1. The van der Waals surface area contributed by atoms with Crippen molar-refractivity contribution in [3.05, 3.63) is 48.0 Å². The summed E-state index contributed by atoms with van der Waals surface area (Å²) in [6.45, 7) is 2.80. The number of carbonyl (C=O) groups excluding carboxylic acids is 1. The number of nitrogens with zero attached hydrogens (tertiary/aromatic N) is 1. The molecule has 2 aliphatic rings. The zero-order chi connectivity index (χ0) is 14.5. The molecular formula is C18H24N2O. The summed E-state index contributed by atoms with van der Waals surface area (Å²) in [5.74, 6) is 0.939. The first-order valence-electron chi connectivity index (χ1n) is 8.05. The highest BCUT2D eigenvalue weighted by Crippen LogP contribution is 2.19. The second-order valence-corrected chi connectivity index (χ2v) is 6.16. The van der Waals surface area contributed by atoms with E-state index in [0.717, 1.165) is 37.5 Å². The molecule has 1 heterocycles. The van der Waals surface area contributed by atoms with Gasteiger partial charge >= 0.3 is 0 Å². The van der Waals surface area contributed by atoms with Crippen LogP contribution in [-0.2, 0) is 0 Å². The Morgan fingerprint density at radius 3 is 2.81 bits per heavy atom. The Labute approximate surface area is 127 Å². The van der Waals surface area contributed by atoms with E-state index in [0.29, 0.717) is 6.04 Å². The minimum absolute atomic E-state index is 0.167. The van der Waals surface area contributed by atoms with Crippen molar-refractivity contribution >= 4 is 5.91 Å². The van der Waals surface area contributed by atoms with Gasteiger partial charge in [-0.15, -0.1) is 0 Å². The minimum Gasteiger partial charge on any atom is -0.337 e. The topological polar surface area (TPSA) is 32.3 Å². The van der Waals surface area contributed by atoms with Gasteiger partial charge in [-0.2, -0.15) is 0 Å². The molecule has 3 rings (SSSR count). The maximum absolute atomic E-state index is 12.4. The molecule has 3 heteroatoms. The summed E-state index contributed by atoms with van der Waals surface area (Å²) in [6, 6.07) is 10.1. The van der Waals surface area contributed by atoms with Gasteiger partial charge in [-0.1, -0.05) is 30.4 Å². The highest BCUT2D eigenvalue weighted by Gasteiger charge is 2.27. The van der Waals surface area contributed by atoms with Gasteiger partial charge in [0.15, 0.2) is 0 Å². The predicted octanol–water partition coefficient (Wildman–Crippen LogP) is 2.85. The minimum atomic E-state index is 0.167. The van der Waals surface area contributed by atoms with Gasteiger partial charge in [0.2, 0.25) is 0 Å². The van der Waals surface area contributed by atoms with Crippen molar-refractivity contribution in [2.24, 2.45) is 5.92 Å². The Kier molecular flexibility index (Phi) is 4.71. The van der Waals surface area contributed by atoms with Crippen LogP contribution >= 0.6 is 0 Å². The molecule has 112 valence electrons. The van der Waals surface area contributed by atoms with Crippen LogP contribution in [0.25, 0.3) is 0 Å². The quantitative estimate of drug-likeness (QED) is 0.862. The molecule has 0 aromatic heterocycles. The molecule has 0 spiro atoms. The molecule has 1 aromatic carbocycles. The average Bonchev–Trinajstić information content (AvgIpc) is 3.03. The van der Waals surface area contributed by atoms with Crippen LogP contribution < -0.4 is 5.32 Å². The normalized spacial score (nSPS) is 25.2. The standard InChI is InChI=1S/C18H24N2O/c21-18(16-9-5-2-6-10-16)20-12-11-17(14-20)19-13-15-7-3-1-4-8-15/h1-3,5-6,9-10,15,17,19H,4,7-8,11-14H2. The van der Waals surface area contributed by atoms with Crippen LogP contribution in [-0.4, -0.2) is 36.5 Å². The van der Waals surface area contributed by atoms with Gasteiger partial charge < -0.3 is 10.2 Å². The summed E-state index contributed by atoms with van der Waals surface area (Å²) < 4.78 is 0. The lowest BCUT2D eigenvalue weighted by atomic mass is 9.94. The molecule has 1 aliphatic carbocycles. The summed E-state index contributed by atoms with van der Waals surface area (Å²) in [7, 11) is 0. The number of likely N-dealkylation sites (tertiary alicyclic amines) is 1. The Balaban J connectivity index is 1.47. The number of hydrogen-bond donors (Lipinski definition) is 1. The zero-order valence-corrected chi connectivity index (χ0v) is 12.5. The molecule has 0 saturated carbocycles. The first-order chi connectivity index (χ1) is 10.3. The fourth-order valence-electron chi connectivity index (χ4n) is 3.25. The number of hydrogen-bond acceptors (Lipinski definition) is 2. The summed E-state index contributed by atoms with van der Waals surface area (Å²) in [5.41, 5.74) is 0.801. The second-order valence-electron chi connectivity index (χ2n) is 6.16. The Hall–Kier alpha value is -1.61. The third-order valence-corrected chi connectivity index (χ3v) is 4.57. The largest absolute Gasteiger partial charge is 0.337 e. The molecular weight excluding hydrogens is 260 g/mol. The van der Waals surface area contributed by atoms with Gasteiger partial charge in [0, 0.05) is 24.7 Å². The van der Waals surface area contributed by atoms with Crippen molar-refractivity contribution in [1.29, 1.82) is 0 Å². The van der Waals surface area contributed by atoms with Gasteiger partial charge in [-0.3, -0.25) is 4.79 Å². The predicted molar refractivity (Wildman–Crippen MR) is 85.2 cm³/mol. The third-order valence-electron chi connectivity index (χ3n) is 4.57. The van der Waals surface area contributed by atoms with Crippen LogP contribution in [0.1, 0.15) is 36.0 Å². The van der Waals surface area contributed by atoms with Crippen LogP contribution in [0.15, 0.2) is 42.5 Å². The number of allylic oxidation sites excluding steroid dienone is 2. The average molecular weight is 284 g/mol. The lowest BCUT2D eigenvalue weighted by molar-refractivity contribution is 0.0789. The number of nitrogens with one attached hydrogen (secondary N) is 1. The van der Waals surface area contributed by atoms with Gasteiger partial charge in [0.25, 0.3) is 5.91 Å². The molecule has 1 aromatic rings. The highest BCUT2D eigenvalue weighted by molar-refractivity contribution is 5.94. The molecule has 3 nitrogen and oxygen atoms in total. The van der Waals surface area contributed by atoms with E-state index in [1.807, 2.05) is 35.2 Å². The number of benzene rings is 1. The molecule has 1 amide bonds. The monoisotopic (exact) mass is 284 g/mol. The molecule has 1 N–H and O–H groups in total. The summed E-state index contributed by atoms with van der Waals surface area (Å²) >= 11 is 0. The summed E-state index contributed by atoms with van der Waals surface area (Å²) in [5, 5.41) is 3.66. The molecule has 0 bridgehead atoms. The second kappa shape index (κ2) is 6.90. The van der Waals surface area contributed by atoms with E-state index in [9.17, 15) is 4.79 Å². The van der Waals surface area contributed by atoms with Crippen LogP contribution in [0.5, 0.6) is 0 Å². The van der Waals surface area contributed by atoms with Gasteiger partial charge in [-0.25, -0.2) is 0 Å². The van der Waals surface area contributed by atoms with E-state index < -0.39 is 0 Å². The summed E-state index contributed by atoms with van der Waals surface area (Å²) in [4.78, 5) is 14.4. The van der Waals surface area contributed by atoms with Crippen LogP contribution in [0.4, 0.5) is 0 Å². The molecule has 2 unspecified atom stereocenters. The Morgan fingerprint density at radius 1 is 1.19 bits per heavy atom. The first-order valence-corrected chi connectivity index (χ1v) is 8.05. The van der Waals surface area contributed by atoms with Crippen molar-refractivity contribution in [2.45, 2.75) is 31.7 Å². The maximum atomic E-state index is 12.4. The summed E-state index contributed by atoms with van der Waals surface area (Å²) in [6.07, 6.45) is 9.37. The Bertz CT molecular complexity index is 497. The smallest absolute Gasteiger partial charge is 0.253 e. The lowest BCUT2D eigenvalue weighted by Gasteiger charge is -2.21. The van der Waals surface area contributed by atoms with E-state index >= 15 is 0 Å². The van der Waals surface area contributed by atoms with Crippen molar-refractivity contribution < 1.29 is 4.79 Å². The van der Waals surface area contributed by atoms with Crippen LogP contribution in [0.2, 0.25) is 0 Å². The molecule has 1 aliphatic heterocycles. The van der Waals surface area contributed by atoms with Crippen LogP contribution in [0.3, 0.4) is 0 Å². The molecule has 21 heavy (non-hydrogen) atoms. The Morgan fingerprint density at radius 2 is 2.05 bits per heavy atom. The fourth-order valence-corrected chi connectivity index (χ4v) is 3.25. The van der Waals surface area contributed by atoms with Crippen molar-refractivity contribution in [2.75, 3.05) is 19.6 Å². The molecule has 0 radical (unpaired) electrons. The van der Waals surface area contributed by atoms with Crippen molar-refractivity contribution in [3.63, 3.8) is 0 Å². The van der Waals surface area contributed by atoms with E-state index in [1.54, 1.807) is 0 Å². The molecule has 2 atom stereocenters. The first kappa shape index (κ1) is 14.3. The third kappa shape index (κ3) is 3.73. The van der Waals surface area contributed by atoms with Crippen molar-refractivity contribution in [3.8, 4) is 0 Å². The molecule has 1 fully saturated rings. The lowest BCUT2D eigenvalue weighted by Crippen LogP contribution is -2.37. The van der Waals surface area contributed by atoms with E-state index in [2.05, 4.69) is 17.5 Å².